The molecule has 7 nitrogen and oxygen atoms in total. The molecule has 0 aliphatic rings. The Labute approximate surface area is 182 Å². The normalized spacial score (nSPS) is 10.5. The number of carbonyl (C=O) groups is 2. The lowest BCUT2D eigenvalue weighted by molar-refractivity contribution is -0.117. The number of anilines is 2. The Balaban J connectivity index is 1.93. The van der Waals surface area contributed by atoms with Crippen LogP contribution in [0.2, 0.25) is 0 Å². The molecule has 0 fully saturated rings. The van der Waals surface area contributed by atoms with Crippen molar-refractivity contribution in [2.24, 2.45) is 0 Å². The average Bonchev–Trinajstić information content (AvgIpc) is 2.69. The van der Waals surface area contributed by atoms with Gasteiger partial charge in [-0.1, -0.05) is 46.3 Å². The molecule has 2 N–H and O–H groups in total. The molecule has 154 valence electrons. The lowest BCUT2D eigenvalue weighted by atomic mass is 10.1. The number of carbonyl (C=O) groups excluding carboxylic acids is 2. The molecule has 2 aromatic carbocycles. The average molecular weight is 469 g/mol. The largest absolute Gasteiger partial charge is 0.324 e. The summed E-state index contributed by atoms with van der Waals surface area (Å²) >= 11 is 3.50. The number of halogens is 1. The number of benzene rings is 2. The minimum absolute atomic E-state index is 0.0690. The number of aromatic nitrogens is 2. The number of nitrogens with zero attached hydrogens (tertiary/aromatic N) is 2. The van der Waals surface area contributed by atoms with Gasteiger partial charge < -0.3 is 10.6 Å². The first kappa shape index (κ1) is 21.4. The van der Waals surface area contributed by atoms with Crippen LogP contribution in [0.3, 0.4) is 0 Å². The highest BCUT2D eigenvalue weighted by atomic mass is 79.9. The standard InChI is InChI=1S/C22H21BrN4O3/c1-13-9-17(10-14(2)21(13)23)25-20(29)12-27-22(30)19(24-15(3)28)11-18(26-27)16-7-5-4-6-8-16/h4-11H,12H2,1-3H3,(H,24,28)(H,25,29). The molecular formula is C22H21BrN4O3. The Morgan fingerprint density at radius 1 is 1.03 bits per heavy atom. The van der Waals surface area contributed by atoms with Gasteiger partial charge in [0.25, 0.3) is 5.56 Å². The fourth-order valence-electron chi connectivity index (χ4n) is 3.03. The molecule has 0 aliphatic heterocycles. The summed E-state index contributed by atoms with van der Waals surface area (Å²) in [5.74, 6) is -0.779. The first-order chi connectivity index (χ1) is 14.2. The van der Waals surface area contributed by atoms with Gasteiger partial charge in [0.15, 0.2) is 0 Å². The highest BCUT2D eigenvalue weighted by Crippen LogP contribution is 2.25. The van der Waals surface area contributed by atoms with Crippen molar-refractivity contribution < 1.29 is 9.59 Å². The Morgan fingerprint density at radius 2 is 1.67 bits per heavy atom. The summed E-state index contributed by atoms with van der Waals surface area (Å²) < 4.78 is 2.04. The molecule has 2 amide bonds. The summed E-state index contributed by atoms with van der Waals surface area (Å²) in [6.07, 6.45) is 0. The molecule has 3 aromatic rings. The summed E-state index contributed by atoms with van der Waals surface area (Å²) in [6.45, 7) is 4.89. The van der Waals surface area contributed by atoms with Crippen molar-refractivity contribution >= 4 is 39.1 Å². The minimum Gasteiger partial charge on any atom is -0.324 e. The molecule has 0 saturated carbocycles. The molecule has 1 aromatic heterocycles. The smallest absolute Gasteiger partial charge is 0.291 e. The van der Waals surface area contributed by atoms with Crippen molar-refractivity contribution in [1.82, 2.24) is 9.78 Å². The third kappa shape index (κ3) is 5.01. The quantitative estimate of drug-likeness (QED) is 0.593. The van der Waals surface area contributed by atoms with Crippen molar-refractivity contribution in [1.29, 1.82) is 0 Å². The van der Waals surface area contributed by atoms with E-state index >= 15 is 0 Å². The van der Waals surface area contributed by atoms with Crippen LogP contribution in [-0.2, 0) is 16.1 Å². The van der Waals surface area contributed by atoms with Gasteiger partial charge >= 0.3 is 0 Å². The molecule has 0 bridgehead atoms. The van der Waals surface area contributed by atoms with Crippen LogP contribution >= 0.6 is 15.9 Å². The van der Waals surface area contributed by atoms with Crippen molar-refractivity contribution in [3.05, 3.63) is 74.5 Å². The third-order valence-corrected chi connectivity index (χ3v) is 5.62. The van der Waals surface area contributed by atoms with E-state index in [-0.39, 0.29) is 18.1 Å². The third-order valence-electron chi connectivity index (χ3n) is 4.37. The summed E-state index contributed by atoms with van der Waals surface area (Å²) in [5, 5.41) is 9.64. The summed E-state index contributed by atoms with van der Waals surface area (Å²) in [6, 6.07) is 14.4. The molecule has 0 radical (unpaired) electrons. The molecule has 3 rings (SSSR count). The Morgan fingerprint density at radius 3 is 2.27 bits per heavy atom. The molecule has 0 atom stereocenters. The molecule has 1 heterocycles. The van der Waals surface area contributed by atoms with Crippen LogP contribution in [0.5, 0.6) is 0 Å². The molecule has 0 aliphatic carbocycles. The predicted molar refractivity (Wildman–Crippen MR) is 120 cm³/mol. The second kappa shape index (κ2) is 9.04. The van der Waals surface area contributed by atoms with E-state index in [9.17, 15) is 14.4 Å². The fourth-order valence-corrected chi connectivity index (χ4v) is 3.26. The monoisotopic (exact) mass is 468 g/mol. The van der Waals surface area contributed by atoms with E-state index in [1.165, 1.54) is 13.0 Å². The lowest BCUT2D eigenvalue weighted by Crippen LogP contribution is -2.32. The maximum Gasteiger partial charge on any atom is 0.291 e. The van der Waals surface area contributed by atoms with E-state index in [4.69, 9.17) is 0 Å². The van der Waals surface area contributed by atoms with Crippen LogP contribution in [0.4, 0.5) is 11.4 Å². The fraction of sp³-hybridized carbons (Fsp3) is 0.182. The number of nitrogens with one attached hydrogen (secondary N) is 2. The zero-order valence-electron chi connectivity index (χ0n) is 16.8. The SMILES string of the molecule is CC(=O)Nc1cc(-c2ccccc2)nn(CC(=O)Nc2cc(C)c(Br)c(C)c2)c1=O. The van der Waals surface area contributed by atoms with E-state index in [0.717, 1.165) is 25.8 Å². The maximum absolute atomic E-state index is 12.7. The van der Waals surface area contributed by atoms with Gasteiger partial charge in [-0.2, -0.15) is 5.10 Å². The second-order valence-electron chi connectivity index (χ2n) is 6.93. The van der Waals surface area contributed by atoms with E-state index in [1.807, 2.05) is 56.3 Å². The second-order valence-corrected chi connectivity index (χ2v) is 7.72. The van der Waals surface area contributed by atoms with Crippen LogP contribution in [0, 0.1) is 13.8 Å². The number of rotatable bonds is 5. The molecule has 30 heavy (non-hydrogen) atoms. The van der Waals surface area contributed by atoms with Crippen LogP contribution < -0.4 is 16.2 Å². The van der Waals surface area contributed by atoms with Crippen molar-refractivity contribution in [2.75, 3.05) is 10.6 Å². The Bertz CT molecular complexity index is 1150. The summed E-state index contributed by atoms with van der Waals surface area (Å²) in [5.41, 5.74) is 3.36. The van der Waals surface area contributed by atoms with E-state index in [2.05, 4.69) is 31.7 Å². The highest BCUT2D eigenvalue weighted by Gasteiger charge is 2.14. The van der Waals surface area contributed by atoms with Gasteiger partial charge in [-0.25, -0.2) is 4.68 Å². The van der Waals surface area contributed by atoms with Crippen LogP contribution in [0.25, 0.3) is 11.3 Å². The zero-order valence-corrected chi connectivity index (χ0v) is 18.4. The first-order valence-electron chi connectivity index (χ1n) is 9.26. The van der Waals surface area contributed by atoms with Gasteiger partial charge in [0, 0.05) is 22.6 Å². The predicted octanol–water partition coefficient (Wildman–Crippen LogP) is 3.89. The summed E-state index contributed by atoms with van der Waals surface area (Å²) in [4.78, 5) is 36.9. The van der Waals surface area contributed by atoms with E-state index in [0.29, 0.717) is 11.4 Å². The minimum atomic E-state index is -0.553. The first-order valence-corrected chi connectivity index (χ1v) is 10.1. The zero-order chi connectivity index (χ0) is 21.8. The van der Waals surface area contributed by atoms with Crippen molar-refractivity contribution in [3.63, 3.8) is 0 Å². The maximum atomic E-state index is 12.7. The van der Waals surface area contributed by atoms with Crippen LogP contribution in [-0.4, -0.2) is 21.6 Å². The van der Waals surface area contributed by atoms with Crippen LogP contribution in [0.15, 0.2) is 57.8 Å². The van der Waals surface area contributed by atoms with Crippen LogP contribution in [0.1, 0.15) is 18.1 Å². The Hall–Kier alpha value is -3.26. The molecule has 8 heteroatoms. The van der Waals surface area contributed by atoms with Gasteiger partial charge in [-0.15, -0.1) is 0 Å². The molecule has 0 saturated heterocycles. The van der Waals surface area contributed by atoms with Gasteiger partial charge in [-0.3, -0.25) is 14.4 Å². The lowest BCUT2D eigenvalue weighted by Gasteiger charge is -2.12. The van der Waals surface area contributed by atoms with Gasteiger partial charge in [-0.05, 0) is 43.2 Å². The molecular weight excluding hydrogens is 448 g/mol. The van der Waals surface area contributed by atoms with Gasteiger partial charge in [0.2, 0.25) is 11.8 Å². The molecule has 0 spiro atoms. The topological polar surface area (TPSA) is 93.1 Å². The number of hydrogen-bond acceptors (Lipinski definition) is 4. The van der Waals surface area contributed by atoms with Gasteiger partial charge in [0.05, 0.1) is 5.69 Å². The van der Waals surface area contributed by atoms with E-state index < -0.39 is 11.5 Å². The molecule has 0 unspecified atom stereocenters. The highest BCUT2D eigenvalue weighted by molar-refractivity contribution is 9.10. The number of amides is 2. The van der Waals surface area contributed by atoms with Crippen molar-refractivity contribution in [2.45, 2.75) is 27.3 Å². The number of hydrogen-bond donors (Lipinski definition) is 2. The Kier molecular flexibility index (Phi) is 6.47. The van der Waals surface area contributed by atoms with Gasteiger partial charge in [0.1, 0.15) is 12.2 Å². The van der Waals surface area contributed by atoms with E-state index in [1.54, 1.807) is 0 Å². The summed E-state index contributed by atoms with van der Waals surface area (Å²) in [7, 11) is 0. The number of aryl methyl sites for hydroxylation is 2. The van der Waals surface area contributed by atoms with Crippen molar-refractivity contribution in [3.8, 4) is 11.3 Å².